The van der Waals surface area contributed by atoms with Gasteiger partial charge in [0.1, 0.15) is 5.76 Å². The van der Waals surface area contributed by atoms with Gasteiger partial charge in [-0.3, -0.25) is 4.79 Å². The number of amides is 1. The van der Waals surface area contributed by atoms with Gasteiger partial charge in [0.15, 0.2) is 5.82 Å². The van der Waals surface area contributed by atoms with Crippen LogP contribution in [-0.2, 0) is 11.3 Å². The molecule has 0 saturated carbocycles. The molecular formula is C16H15Cl2N5O2S. The number of nitrogen functional groups attached to an aromatic ring is 1. The van der Waals surface area contributed by atoms with Crippen molar-refractivity contribution in [2.24, 2.45) is 0 Å². The molecule has 1 aromatic carbocycles. The van der Waals surface area contributed by atoms with Crippen LogP contribution in [-0.4, -0.2) is 38.5 Å². The first-order valence-corrected chi connectivity index (χ1v) is 9.25. The Balaban J connectivity index is 1.66. The molecule has 3 aromatic rings. The number of thioether (sulfide) groups is 1. The zero-order chi connectivity index (χ0) is 18.7. The van der Waals surface area contributed by atoms with E-state index in [0.29, 0.717) is 38.9 Å². The second kappa shape index (κ2) is 8.03. The van der Waals surface area contributed by atoms with Gasteiger partial charge < -0.3 is 15.2 Å². The highest BCUT2D eigenvalue weighted by Gasteiger charge is 2.17. The second-order valence-electron chi connectivity index (χ2n) is 5.42. The standard InChI is InChI=1S/C16H15Cl2N5O2S/c1-22(8-11-3-2-6-25-11)14(24)9-26-16-21-20-15(23(16)19)12-5-4-10(17)7-13(12)18/h2-7H,8-9,19H2,1H3. The van der Waals surface area contributed by atoms with Crippen LogP contribution in [0.2, 0.25) is 10.0 Å². The van der Waals surface area contributed by atoms with Gasteiger partial charge in [0.05, 0.1) is 23.6 Å². The fourth-order valence-corrected chi connectivity index (χ4v) is 3.48. The number of carbonyl (C=O) groups excluding carboxylic acids is 1. The third-order valence-corrected chi connectivity index (χ3v) is 5.04. The maximum Gasteiger partial charge on any atom is 0.233 e. The van der Waals surface area contributed by atoms with Gasteiger partial charge in [-0.15, -0.1) is 10.2 Å². The van der Waals surface area contributed by atoms with Crippen molar-refractivity contribution in [3.63, 3.8) is 0 Å². The molecule has 1 amide bonds. The zero-order valence-corrected chi connectivity index (χ0v) is 16.1. The van der Waals surface area contributed by atoms with Crippen LogP contribution in [0.5, 0.6) is 0 Å². The molecule has 0 aliphatic heterocycles. The molecule has 0 spiro atoms. The molecule has 0 aliphatic carbocycles. The largest absolute Gasteiger partial charge is 0.467 e. The first kappa shape index (κ1) is 18.6. The third-order valence-electron chi connectivity index (χ3n) is 3.56. The van der Waals surface area contributed by atoms with Crippen LogP contribution < -0.4 is 5.84 Å². The number of aromatic nitrogens is 3. The number of halogens is 2. The molecule has 2 aromatic heterocycles. The van der Waals surface area contributed by atoms with Crippen LogP contribution in [0, 0.1) is 0 Å². The van der Waals surface area contributed by atoms with Crippen molar-refractivity contribution in [3.05, 3.63) is 52.4 Å². The Bertz CT molecular complexity index is 914. The highest BCUT2D eigenvalue weighted by Crippen LogP contribution is 2.30. The lowest BCUT2D eigenvalue weighted by atomic mass is 10.2. The summed E-state index contributed by atoms with van der Waals surface area (Å²) in [6.45, 7) is 0.396. The SMILES string of the molecule is CN(Cc1ccco1)C(=O)CSc1nnc(-c2ccc(Cl)cc2Cl)n1N. The van der Waals surface area contributed by atoms with Gasteiger partial charge in [-0.2, -0.15) is 0 Å². The third kappa shape index (κ3) is 4.14. The van der Waals surface area contributed by atoms with Crippen LogP contribution in [0.15, 0.2) is 46.2 Å². The van der Waals surface area contributed by atoms with Crippen LogP contribution >= 0.6 is 35.0 Å². The summed E-state index contributed by atoms with van der Waals surface area (Å²) in [7, 11) is 1.71. The van der Waals surface area contributed by atoms with Crippen LogP contribution in [0.4, 0.5) is 0 Å². The number of carbonyl (C=O) groups is 1. The van der Waals surface area contributed by atoms with Crippen LogP contribution in [0.3, 0.4) is 0 Å². The van der Waals surface area contributed by atoms with Crippen molar-refractivity contribution >= 4 is 40.9 Å². The zero-order valence-electron chi connectivity index (χ0n) is 13.7. The van der Waals surface area contributed by atoms with E-state index >= 15 is 0 Å². The molecule has 10 heteroatoms. The van der Waals surface area contributed by atoms with Crippen molar-refractivity contribution in [3.8, 4) is 11.4 Å². The maximum atomic E-state index is 12.3. The van der Waals surface area contributed by atoms with Gasteiger partial charge in [0, 0.05) is 17.6 Å². The Kier molecular flexibility index (Phi) is 5.75. The fourth-order valence-electron chi connectivity index (χ4n) is 2.19. The van der Waals surface area contributed by atoms with Gasteiger partial charge >= 0.3 is 0 Å². The fraction of sp³-hybridized carbons (Fsp3) is 0.188. The number of hydrogen-bond donors (Lipinski definition) is 1. The average Bonchev–Trinajstić information content (AvgIpc) is 3.23. The van der Waals surface area contributed by atoms with Crippen molar-refractivity contribution in [2.75, 3.05) is 18.6 Å². The van der Waals surface area contributed by atoms with E-state index in [2.05, 4.69) is 10.2 Å². The number of furan rings is 1. The Morgan fingerprint density at radius 2 is 2.15 bits per heavy atom. The smallest absolute Gasteiger partial charge is 0.233 e. The summed E-state index contributed by atoms with van der Waals surface area (Å²) >= 11 is 13.3. The monoisotopic (exact) mass is 411 g/mol. The molecule has 0 fully saturated rings. The molecule has 2 N–H and O–H groups in total. The summed E-state index contributed by atoms with van der Waals surface area (Å²) < 4.78 is 6.54. The van der Waals surface area contributed by atoms with E-state index < -0.39 is 0 Å². The Labute approximate surface area is 164 Å². The van der Waals surface area contributed by atoms with E-state index in [1.807, 2.05) is 6.07 Å². The molecule has 0 saturated heterocycles. The summed E-state index contributed by atoms with van der Waals surface area (Å²) in [6.07, 6.45) is 1.57. The van der Waals surface area contributed by atoms with E-state index in [4.69, 9.17) is 33.5 Å². The lowest BCUT2D eigenvalue weighted by Gasteiger charge is -2.15. The normalized spacial score (nSPS) is 10.9. The van der Waals surface area contributed by atoms with Crippen LogP contribution in [0.1, 0.15) is 5.76 Å². The molecule has 0 atom stereocenters. The van der Waals surface area contributed by atoms with Gasteiger partial charge in [-0.1, -0.05) is 35.0 Å². The minimum absolute atomic E-state index is 0.0829. The molecular weight excluding hydrogens is 397 g/mol. The molecule has 3 rings (SSSR count). The lowest BCUT2D eigenvalue weighted by Crippen LogP contribution is -2.27. The molecule has 0 unspecified atom stereocenters. The van der Waals surface area contributed by atoms with Gasteiger partial charge in [-0.25, -0.2) is 4.68 Å². The molecule has 7 nitrogen and oxygen atoms in total. The minimum Gasteiger partial charge on any atom is -0.467 e. The van der Waals surface area contributed by atoms with Crippen molar-refractivity contribution < 1.29 is 9.21 Å². The maximum absolute atomic E-state index is 12.3. The highest BCUT2D eigenvalue weighted by molar-refractivity contribution is 7.99. The molecule has 136 valence electrons. The predicted octanol–water partition coefficient (Wildman–Crippen LogP) is 3.31. The predicted molar refractivity (Wildman–Crippen MR) is 102 cm³/mol. The van der Waals surface area contributed by atoms with E-state index in [1.54, 1.807) is 42.5 Å². The summed E-state index contributed by atoms with van der Waals surface area (Å²) in [5, 5.41) is 9.43. The van der Waals surface area contributed by atoms with E-state index in [0.717, 1.165) is 0 Å². The Morgan fingerprint density at radius 1 is 1.35 bits per heavy atom. The van der Waals surface area contributed by atoms with Gasteiger partial charge in [-0.05, 0) is 30.3 Å². The average molecular weight is 412 g/mol. The van der Waals surface area contributed by atoms with Gasteiger partial charge in [0.25, 0.3) is 0 Å². The van der Waals surface area contributed by atoms with E-state index in [1.165, 1.54) is 16.4 Å². The molecule has 26 heavy (non-hydrogen) atoms. The van der Waals surface area contributed by atoms with Crippen LogP contribution in [0.25, 0.3) is 11.4 Å². The van der Waals surface area contributed by atoms with E-state index in [9.17, 15) is 4.79 Å². The minimum atomic E-state index is -0.0829. The quantitative estimate of drug-likeness (QED) is 0.494. The number of nitrogens with zero attached hydrogens (tertiary/aromatic N) is 4. The summed E-state index contributed by atoms with van der Waals surface area (Å²) in [4.78, 5) is 13.8. The Hall–Kier alpha value is -2.16. The number of nitrogens with two attached hydrogens (primary N) is 1. The summed E-state index contributed by atoms with van der Waals surface area (Å²) in [6, 6.07) is 8.61. The molecule has 0 radical (unpaired) electrons. The van der Waals surface area contributed by atoms with Crippen molar-refractivity contribution in [1.29, 1.82) is 0 Å². The topological polar surface area (TPSA) is 90.2 Å². The molecule has 2 heterocycles. The van der Waals surface area contributed by atoms with Crippen molar-refractivity contribution in [2.45, 2.75) is 11.7 Å². The number of benzene rings is 1. The van der Waals surface area contributed by atoms with E-state index in [-0.39, 0.29) is 11.7 Å². The summed E-state index contributed by atoms with van der Waals surface area (Å²) in [5.41, 5.74) is 0.610. The molecule has 0 bridgehead atoms. The first-order valence-electron chi connectivity index (χ1n) is 7.50. The number of rotatable bonds is 6. The Morgan fingerprint density at radius 3 is 2.85 bits per heavy atom. The van der Waals surface area contributed by atoms with Gasteiger partial charge in [0.2, 0.25) is 11.1 Å². The lowest BCUT2D eigenvalue weighted by molar-refractivity contribution is -0.127. The highest BCUT2D eigenvalue weighted by atomic mass is 35.5. The summed E-state index contributed by atoms with van der Waals surface area (Å²) in [5.74, 6) is 7.25. The number of hydrogen-bond acceptors (Lipinski definition) is 6. The van der Waals surface area contributed by atoms with Crippen molar-refractivity contribution in [1.82, 2.24) is 19.8 Å². The first-order chi connectivity index (χ1) is 12.5. The second-order valence-corrected chi connectivity index (χ2v) is 7.20. The molecule has 0 aliphatic rings.